The van der Waals surface area contributed by atoms with Crippen LogP contribution >= 0.6 is 12.2 Å². The fourth-order valence-corrected chi connectivity index (χ4v) is 3.77. The molecule has 2 nitrogen and oxygen atoms in total. The maximum atomic E-state index is 10.3. The maximum Gasteiger partial charge on any atom is 0.125 e. The third-order valence-electron chi connectivity index (χ3n) is 4.27. The zero-order valence-corrected chi connectivity index (χ0v) is 16.9. The number of phenolic OH excluding ortho intramolecular Hbond substituents is 1. The molecule has 0 saturated heterocycles. The second-order valence-corrected chi connectivity index (χ2v) is 9.09. The lowest BCUT2D eigenvalue weighted by Gasteiger charge is -2.33. The van der Waals surface area contributed by atoms with Crippen molar-refractivity contribution >= 4 is 22.9 Å². The smallest absolute Gasteiger partial charge is 0.125 e. The van der Waals surface area contributed by atoms with Gasteiger partial charge >= 0.3 is 0 Å². The summed E-state index contributed by atoms with van der Waals surface area (Å²) in [5.41, 5.74) is 4.18. The van der Waals surface area contributed by atoms with Gasteiger partial charge in [0.25, 0.3) is 0 Å². The van der Waals surface area contributed by atoms with Crippen molar-refractivity contribution in [2.24, 2.45) is 5.41 Å². The summed E-state index contributed by atoms with van der Waals surface area (Å²) in [7, 11) is 0. The molecule has 0 spiro atoms. The van der Waals surface area contributed by atoms with E-state index in [2.05, 4.69) is 39.9 Å². The van der Waals surface area contributed by atoms with Crippen LogP contribution < -0.4 is 5.32 Å². The Balaban J connectivity index is 2.31. The number of hydrogen-bond donors (Lipinski definition) is 2. The number of aryl methyl sites for hydroxylation is 1. The highest BCUT2D eigenvalue weighted by molar-refractivity contribution is 7.81. The molecule has 134 valence electrons. The average molecular weight is 356 g/mol. The molecule has 0 aliphatic rings. The van der Waals surface area contributed by atoms with Gasteiger partial charge in [-0.1, -0.05) is 65.0 Å². The third-order valence-corrected chi connectivity index (χ3v) is 4.59. The first-order valence-electron chi connectivity index (χ1n) is 8.69. The van der Waals surface area contributed by atoms with Crippen molar-refractivity contribution in [1.82, 2.24) is 0 Å². The number of rotatable bonds is 4. The van der Waals surface area contributed by atoms with E-state index in [-0.39, 0.29) is 16.6 Å². The van der Waals surface area contributed by atoms with E-state index in [0.717, 1.165) is 17.7 Å². The number of thiocarbonyl (C=S) groups is 1. The Morgan fingerprint density at radius 2 is 1.72 bits per heavy atom. The highest BCUT2D eigenvalue weighted by Gasteiger charge is 2.28. The van der Waals surface area contributed by atoms with E-state index in [0.29, 0.717) is 10.6 Å². The van der Waals surface area contributed by atoms with Crippen LogP contribution in [0.2, 0.25) is 0 Å². The lowest BCUT2D eigenvalue weighted by molar-refractivity contribution is 0.284. The van der Waals surface area contributed by atoms with E-state index in [1.165, 1.54) is 5.56 Å². The van der Waals surface area contributed by atoms with Crippen LogP contribution in [-0.4, -0.2) is 10.1 Å². The van der Waals surface area contributed by atoms with Crippen LogP contribution in [0.15, 0.2) is 42.5 Å². The minimum atomic E-state index is -0.000349. The normalized spacial score (nSPS) is 12.1. The van der Waals surface area contributed by atoms with Gasteiger partial charge in [0, 0.05) is 5.69 Å². The minimum absolute atomic E-state index is 0.000349. The minimum Gasteiger partial charge on any atom is -0.507 e. The first kappa shape index (κ1) is 19.5. The first-order valence-corrected chi connectivity index (χ1v) is 9.10. The Bertz CT molecular complexity index is 772. The SMILES string of the molecule is Cc1cccc(NC(=S)c2cc(C(C)(C)CC(C)(C)C)ccc2O)c1. The lowest BCUT2D eigenvalue weighted by atomic mass is 9.72. The van der Waals surface area contributed by atoms with Gasteiger partial charge in [0.2, 0.25) is 0 Å². The molecule has 3 heteroatoms. The predicted molar refractivity (Wildman–Crippen MR) is 112 cm³/mol. The van der Waals surface area contributed by atoms with Crippen molar-refractivity contribution < 1.29 is 5.11 Å². The number of nitrogens with one attached hydrogen (secondary N) is 1. The molecule has 25 heavy (non-hydrogen) atoms. The van der Waals surface area contributed by atoms with E-state index >= 15 is 0 Å². The zero-order chi connectivity index (χ0) is 18.8. The van der Waals surface area contributed by atoms with Crippen molar-refractivity contribution in [2.45, 2.75) is 53.4 Å². The van der Waals surface area contributed by atoms with Gasteiger partial charge in [-0.2, -0.15) is 0 Å². The molecule has 0 aliphatic heterocycles. The van der Waals surface area contributed by atoms with E-state index < -0.39 is 0 Å². The zero-order valence-electron chi connectivity index (χ0n) is 16.1. The molecule has 0 fully saturated rings. The van der Waals surface area contributed by atoms with Crippen LogP contribution in [0.3, 0.4) is 0 Å². The second-order valence-electron chi connectivity index (χ2n) is 8.68. The molecule has 0 atom stereocenters. The number of aromatic hydroxyl groups is 1. The van der Waals surface area contributed by atoms with Crippen molar-refractivity contribution in [3.05, 3.63) is 59.2 Å². The lowest BCUT2D eigenvalue weighted by Crippen LogP contribution is -2.25. The number of hydrogen-bond acceptors (Lipinski definition) is 2. The summed E-state index contributed by atoms with van der Waals surface area (Å²) in [6.45, 7) is 13.3. The average Bonchev–Trinajstić information content (AvgIpc) is 2.44. The Morgan fingerprint density at radius 1 is 1.04 bits per heavy atom. The van der Waals surface area contributed by atoms with Gasteiger partial charge in [0.15, 0.2) is 0 Å². The quantitative estimate of drug-likeness (QED) is 0.640. The van der Waals surface area contributed by atoms with Crippen molar-refractivity contribution in [2.75, 3.05) is 5.32 Å². The van der Waals surface area contributed by atoms with Gasteiger partial charge in [-0.05, 0) is 59.6 Å². The molecule has 0 unspecified atom stereocenters. The van der Waals surface area contributed by atoms with E-state index in [9.17, 15) is 5.11 Å². The molecular formula is C22H29NOS. The summed E-state index contributed by atoms with van der Waals surface area (Å²) in [6, 6.07) is 13.8. The molecule has 0 aromatic heterocycles. The first-order chi connectivity index (χ1) is 11.5. The van der Waals surface area contributed by atoms with Crippen molar-refractivity contribution in [1.29, 1.82) is 0 Å². The summed E-state index contributed by atoms with van der Waals surface area (Å²) >= 11 is 5.55. The van der Waals surface area contributed by atoms with E-state index in [4.69, 9.17) is 12.2 Å². The Labute approximate surface area is 157 Å². The summed E-state index contributed by atoms with van der Waals surface area (Å²) in [4.78, 5) is 0.538. The molecule has 2 aromatic carbocycles. The fraction of sp³-hybridized carbons (Fsp3) is 0.409. The van der Waals surface area contributed by atoms with Gasteiger partial charge in [-0.3, -0.25) is 0 Å². The Kier molecular flexibility index (Phi) is 5.58. The highest BCUT2D eigenvalue weighted by Crippen LogP contribution is 2.37. The van der Waals surface area contributed by atoms with E-state index in [1.807, 2.05) is 43.3 Å². The maximum absolute atomic E-state index is 10.3. The largest absolute Gasteiger partial charge is 0.507 e. The van der Waals surface area contributed by atoms with Crippen LogP contribution in [0.4, 0.5) is 5.69 Å². The summed E-state index contributed by atoms with van der Waals surface area (Å²) < 4.78 is 0. The van der Waals surface area contributed by atoms with Crippen molar-refractivity contribution in [3.63, 3.8) is 0 Å². The van der Waals surface area contributed by atoms with Gasteiger partial charge in [-0.25, -0.2) is 0 Å². The summed E-state index contributed by atoms with van der Waals surface area (Å²) in [5.74, 6) is 0.209. The van der Waals surface area contributed by atoms with Crippen LogP contribution in [0.25, 0.3) is 0 Å². The molecular weight excluding hydrogens is 326 g/mol. The van der Waals surface area contributed by atoms with E-state index in [1.54, 1.807) is 6.07 Å². The topological polar surface area (TPSA) is 32.3 Å². The molecule has 2 N–H and O–H groups in total. The molecule has 0 radical (unpaired) electrons. The predicted octanol–water partition coefficient (Wildman–Crippen LogP) is 6.20. The highest BCUT2D eigenvalue weighted by atomic mass is 32.1. The van der Waals surface area contributed by atoms with Crippen LogP contribution in [0.1, 0.15) is 57.7 Å². The second kappa shape index (κ2) is 7.17. The molecule has 2 aromatic rings. The number of phenols is 1. The van der Waals surface area contributed by atoms with Gasteiger partial charge in [-0.15, -0.1) is 0 Å². The van der Waals surface area contributed by atoms with Crippen molar-refractivity contribution in [3.8, 4) is 5.75 Å². The molecule has 0 saturated carbocycles. The van der Waals surface area contributed by atoms with Crippen LogP contribution in [0.5, 0.6) is 5.75 Å². The fourth-order valence-electron chi connectivity index (χ4n) is 3.49. The summed E-state index contributed by atoms with van der Waals surface area (Å²) in [5, 5.41) is 13.5. The third kappa shape index (κ3) is 5.30. The van der Waals surface area contributed by atoms with Crippen LogP contribution in [0, 0.1) is 12.3 Å². The van der Waals surface area contributed by atoms with Gasteiger partial charge < -0.3 is 10.4 Å². The van der Waals surface area contributed by atoms with Gasteiger partial charge in [0.1, 0.15) is 10.7 Å². The molecule has 0 amide bonds. The summed E-state index contributed by atoms with van der Waals surface area (Å²) in [6.07, 6.45) is 1.04. The Morgan fingerprint density at radius 3 is 2.32 bits per heavy atom. The molecule has 0 aliphatic carbocycles. The number of benzene rings is 2. The molecule has 0 heterocycles. The van der Waals surface area contributed by atoms with Crippen LogP contribution in [-0.2, 0) is 5.41 Å². The molecule has 2 rings (SSSR count). The Hall–Kier alpha value is -1.87. The number of anilines is 1. The molecule has 0 bridgehead atoms. The standard InChI is InChI=1S/C22H29NOS/c1-15-8-7-9-17(12-15)23-20(25)18-13-16(10-11-19(18)24)22(5,6)14-21(2,3)4/h7-13,24H,14H2,1-6H3,(H,23,25). The monoisotopic (exact) mass is 355 g/mol. The van der Waals surface area contributed by atoms with Gasteiger partial charge in [0.05, 0.1) is 5.56 Å².